The van der Waals surface area contributed by atoms with Crippen LogP contribution in [0.25, 0.3) is 22.0 Å². The largest absolute Gasteiger partial charge is 0.508 e. The quantitative estimate of drug-likeness (QED) is 0.0328. The molecule has 0 spiro atoms. The fraction of sp³-hybridized carbons (Fsp3) is 0.473. The highest BCUT2D eigenvalue weighted by Crippen LogP contribution is 2.25. The fourth-order valence-corrected chi connectivity index (χ4v) is 16.2. The lowest BCUT2D eigenvalue weighted by atomic mass is 9.97. The minimum absolute atomic E-state index is 0.00366. The van der Waals surface area contributed by atoms with E-state index >= 15 is 28.8 Å². The summed E-state index contributed by atoms with van der Waals surface area (Å²) in [6.45, 7) is 11.1. The normalized spacial score (nSPS) is 23.7. The number of aromatic amines is 1. The van der Waals surface area contributed by atoms with Gasteiger partial charge >= 0.3 is 5.97 Å². The van der Waals surface area contributed by atoms with Crippen LogP contribution in [0.2, 0.25) is 0 Å². The Morgan fingerprint density at radius 3 is 1.41 bits per heavy atom. The Morgan fingerprint density at radius 1 is 0.459 bits per heavy atom. The van der Waals surface area contributed by atoms with Crippen molar-refractivity contribution in [3.63, 3.8) is 0 Å². The molecule has 0 aliphatic carbocycles. The Morgan fingerprint density at radius 2 is 0.880 bits per heavy atom. The topological polar surface area (TPSA) is 616 Å². The van der Waals surface area contributed by atoms with Gasteiger partial charge in [-0.15, -0.1) is 11.8 Å². The number of phenolic OH excluding ortho intramolecular Hbond substituents is 1. The number of aromatic nitrogens is 1. The van der Waals surface area contributed by atoms with Crippen molar-refractivity contribution in [3.05, 3.63) is 162 Å². The number of nitrogens with zero attached hydrogens (tertiary/aromatic N) is 1. The third-order valence-electron chi connectivity index (χ3n) is 22.4. The number of aromatic hydroxyl groups is 1. The summed E-state index contributed by atoms with van der Waals surface area (Å²) in [6, 6.07) is 15.0. The molecule has 2 aliphatic heterocycles. The van der Waals surface area contributed by atoms with E-state index in [9.17, 15) is 68.1 Å². The molecule has 0 saturated carbocycles. The summed E-state index contributed by atoms with van der Waals surface area (Å²) in [5, 5.41) is 68.7. The van der Waals surface area contributed by atoms with Gasteiger partial charge < -0.3 is 117 Å². The van der Waals surface area contributed by atoms with Crippen molar-refractivity contribution < 1.29 is 96.8 Å². The SMILES string of the molecule is CC(C)C[C@@H]1NC(=O)[C@H](Cc2c[nH]c3ccccc23)NC(=O)[C@H](CC(=O)O)NC(=O)[C@H](Cc2ccc(O)cc2)NC(=O)[C@H](Cc2ccccc2)NC(=O)CSC[C@@H](C(=O)NCC(N)=O)NC(=O)[C@H](CO)NC(=O)[C@H](C(C)C)NC(=O)[C@H](CC(C)C)NC(=O)[C@H](CCN)NC(=O)[C@H]2CCCN2C(=O)[C@H](CCN)NC(=O)[C@H](C(C)C)NC(=O)[C@H](Cc2ccc(-c3ccccc3)cc2)NC1=O. The Kier molecular flexibility index (Phi) is 40.6. The molecule has 14 atom stereocenters. The van der Waals surface area contributed by atoms with Gasteiger partial charge in [0.25, 0.3) is 0 Å². The van der Waals surface area contributed by atoms with Crippen molar-refractivity contribution in [1.29, 1.82) is 0 Å². The first-order chi connectivity index (χ1) is 63.3. The van der Waals surface area contributed by atoms with Crippen LogP contribution < -0.4 is 91.6 Å². The molecule has 133 heavy (non-hydrogen) atoms. The molecule has 5 aromatic carbocycles. The van der Waals surface area contributed by atoms with E-state index in [1.807, 2.05) is 42.5 Å². The van der Waals surface area contributed by atoms with Gasteiger partial charge in [-0.3, -0.25) is 81.5 Å². The molecule has 40 heteroatoms. The fourth-order valence-electron chi connectivity index (χ4n) is 15.4. The van der Waals surface area contributed by atoms with Crippen molar-refractivity contribution in [2.24, 2.45) is 40.9 Å². The highest BCUT2D eigenvalue weighted by Gasteiger charge is 2.43. The monoisotopic (exact) mass is 1860 g/mol. The summed E-state index contributed by atoms with van der Waals surface area (Å²) < 4.78 is 0. The Hall–Kier alpha value is -13.3. The standard InChI is InChI=1S/C93H125N19O20S/c1-50(2)38-65-82(121)105-69(41-55-25-29-58(30-26-55)57-20-13-10-14-21-57)88(127)111-78(52(5)6)91(130)101-64(34-36-95)93(132)112-37-17-24-74(112)90(129)100-63(33-35-94)81(120)102-66(39-51(3)4)87(126)110-79(53(7)8)92(131)108-72(47-113)89(128)109-73(80(119)98-46-75(96)115)48-133-49-76(116)99-67(40-54-18-11-9-12-19-54)83(122)104-68(42-56-27-31-60(114)32-28-56)84(123)107-71(44-77(117)118)86(125)106-70(85(124)103-65)43-59-45-97-62-23-16-15-22-61(59)62/h9-16,18-23,25-32,45,50-53,63-74,78-79,97,113-114H,17,24,33-44,46-49,94-95H2,1-8H3,(H2,96,115)(H,98,119)(H,99,116)(H,100,129)(H,101,130)(H,102,120)(H,103,124)(H,104,122)(H,105,121)(H,106,125)(H,107,123)(H,108,131)(H,109,128)(H,110,126)(H,111,127)(H,117,118)/t63-,64-,65-,66-,67-,68-,69-,70-,71-,72-,73-,74+,78-,79-/m0/s1. The van der Waals surface area contributed by atoms with Crippen molar-refractivity contribution in [3.8, 4) is 16.9 Å². The van der Waals surface area contributed by atoms with Crippen LogP contribution in [0, 0.1) is 23.7 Å². The molecule has 0 radical (unpaired) electrons. The number of carbonyl (C=O) groups excluding carboxylic acids is 16. The number of carbonyl (C=O) groups is 17. The van der Waals surface area contributed by atoms with Crippen LogP contribution in [0.5, 0.6) is 5.75 Å². The molecule has 8 rings (SSSR count). The molecule has 24 N–H and O–H groups in total. The number of H-pyrrole nitrogens is 1. The first-order valence-electron chi connectivity index (χ1n) is 44.5. The van der Waals surface area contributed by atoms with Crippen molar-refractivity contribution in [2.45, 2.75) is 211 Å². The van der Waals surface area contributed by atoms with Gasteiger partial charge in [-0.05, 0) is 127 Å². The van der Waals surface area contributed by atoms with Gasteiger partial charge in [-0.2, -0.15) is 0 Å². The van der Waals surface area contributed by atoms with E-state index < -0.39 is 234 Å². The number of nitrogens with one attached hydrogen (secondary N) is 15. The van der Waals surface area contributed by atoms with Gasteiger partial charge in [0.2, 0.25) is 94.5 Å². The molecule has 6 aromatic rings. The van der Waals surface area contributed by atoms with Gasteiger partial charge in [0.05, 0.1) is 25.3 Å². The summed E-state index contributed by atoms with van der Waals surface area (Å²) in [7, 11) is 0. The van der Waals surface area contributed by atoms with Gasteiger partial charge in [-0.1, -0.05) is 171 Å². The second kappa shape index (κ2) is 51.5. The number of hydrogen-bond donors (Lipinski definition) is 21. The maximum absolute atomic E-state index is 15.5. The number of carboxylic acid groups (broad SMARTS) is 1. The minimum Gasteiger partial charge on any atom is -0.508 e. The number of fused-ring (bicyclic) bond motifs is 2. The van der Waals surface area contributed by atoms with Crippen LogP contribution in [-0.4, -0.2) is 255 Å². The Labute approximate surface area is 775 Å². The number of carboxylic acids is 1. The molecule has 0 bridgehead atoms. The Bertz CT molecular complexity index is 5040. The molecule has 16 amide bonds. The highest BCUT2D eigenvalue weighted by atomic mass is 32.2. The molecular formula is C93H125N19O20S. The molecular weight excluding hydrogens is 1740 g/mol. The zero-order chi connectivity index (χ0) is 97.3. The number of thioether (sulfide) groups is 1. The molecule has 2 fully saturated rings. The van der Waals surface area contributed by atoms with E-state index in [0.717, 1.165) is 22.9 Å². The van der Waals surface area contributed by atoms with Crippen LogP contribution in [0.4, 0.5) is 0 Å². The zero-order valence-corrected chi connectivity index (χ0v) is 76.6. The number of primary amides is 1. The van der Waals surface area contributed by atoms with E-state index in [0.29, 0.717) is 33.2 Å². The maximum Gasteiger partial charge on any atom is 0.305 e. The first kappa shape index (κ1) is 105. The second-order valence-electron chi connectivity index (χ2n) is 34.7. The minimum atomic E-state index is -2.06. The lowest BCUT2D eigenvalue weighted by Gasteiger charge is -2.32. The van der Waals surface area contributed by atoms with Gasteiger partial charge in [0, 0.05) is 55.1 Å². The number of phenols is 1. The number of amides is 16. The van der Waals surface area contributed by atoms with Crippen LogP contribution in [-0.2, 0) is 107 Å². The zero-order valence-electron chi connectivity index (χ0n) is 75.8. The van der Waals surface area contributed by atoms with Crippen LogP contribution in [0.15, 0.2) is 140 Å². The molecule has 39 nitrogen and oxygen atoms in total. The number of nitrogens with two attached hydrogens (primary N) is 3. The molecule has 718 valence electrons. The van der Waals surface area contributed by atoms with Gasteiger partial charge in [-0.25, -0.2) is 0 Å². The van der Waals surface area contributed by atoms with E-state index in [4.69, 9.17) is 17.2 Å². The molecule has 1 aromatic heterocycles. The number of aliphatic hydroxyl groups is 1. The van der Waals surface area contributed by atoms with Crippen LogP contribution in [0.3, 0.4) is 0 Å². The van der Waals surface area contributed by atoms with Crippen molar-refractivity contribution in [1.82, 2.24) is 84.3 Å². The smallest absolute Gasteiger partial charge is 0.305 e. The summed E-state index contributed by atoms with van der Waals surface area (Å²) >= 11 is 0.718. The predicted octanol–water partition coefficient (Wildman–Crippen LogP) is -0.978. The van der Waals surface area contributed by atoms with Gasteiger partial charge in [0.15, 0.2) is 0 Å². The van der Waals surface area contributed by atoms with Crippen LogP contribution in [0.1, 0.15) is 123 Å². The van der Waals surface area contributed by atoms with E-state index in [2.05, 4.69) is 79.4 Å². The second-order valence-corrected chi connectivity index (χ2v) is 35.7. The average Bonchev–Trinajstić information content (AvgIpc) is 1.60. The average molecular weight is 1860 g/mol. The third-order valence-corrected chi connectivity index (χ3v) is 23.4. The Balaban J connectivity index is 1.19. The van der Waals surface area contributed by atoms with Crippen molar-refractivity contribution in [2.75, 3.05) is 44.3 Å². The van der Waals surface area contributed by atoms with E-state index in [1.54, 1.807) is 128 Å². The number of rotatable bonds is 25. The molecule has 2 saturated heterocycles. The summed E-state index contributed by atoms with van der Waals surface area (Å²) in [4.78, 5) is 251. The van der Waals surface area contributed by atoms with E-state index in [1.165, 1.54) is 29.2 Å². The molecule has 3 heterocycles. The summed E-state index contributed by atoms with van der Waals surface area (Å²) in [5.74, 6) is -20.7. The highest BCUT2D eigenvalue weighted by molar-refractivity contribution is 8.00. The molecule has 0 unspecified atom stereocenters. The number of benzene rings is 5. The summed E-state index contributed by atoms with van der Waals surface area (Å²) in [5.41, 5.74) is 21.6. The van der Waals surface area contributed by atoms with E-state index in [-0.39, 0.29) is 95.0 Å². The third kappa shape index (κ3) is 32.3. The lowest BCUT2D eigenvalue weighted by molar-refractivity contribution is -0.143. The number of aliphatic hydroxyl groups excluding tert-OH is 1. The summed E-state index contributed by atoms with van der Waals surface area (Å²) in [6.07, 6.45) is -0.976. The predicted molar refractivity (Wildman–Crippen MR) is 494 cm³/mol. The lowest BCUT2D eigenvalue weighted by Crippen LogP contribution is -2.62. The number of hydrogen-bond acceptors (Lipinski definition) is 22. The molecule has 2 aliphatic rings. The maximum atomic E-state index is 15.5. The van der Waals surface area contributed by atoms with Crippen LogP contribution >= 0.6 is 11.8 Å². The van der Waals surface area contributed by atoms with Gasteiger partial charge in [0.1, 0.15) is 90.3 Å². The number of para-hydroxylation sites is 1. The first-order valence-corrected chi connectivity index (χ1v) is 45.6. The number of aliphatic carboxylic acids is 1. The van der Waals surface area contributed by atoms with Crippen molar-refractivity contribution >= 4 is 123 Å².